The summed E-state index contributed by atoms with van der Waals surface area (Å²) in [6, 6.07) is 10.3. The molecule has 3 aromatic rings. The average molecular weight is 622 g/mol. The van der Waals surface area contributed by atoms with Crippen molar-refractivity contribution >= 4 is 55.2 Å². The van der Waals surface area contributed by atoms with Gasteiger partial charge < -0.3 is 14.2 Å². The Morgan fingerprint density at radius 3 is 2.51 bits per heavy atom. The first-order valence-electron chi connectivity index (χ1n) is 10.7. The van der Waals surface area contributed by atoms with E-state index in [4.69, 9.17) is 14.2 Å². The number of allylic oxidation sites excluding steroid dienone is 1. The summed E-state index contributed by atoms with van der Waals surface area (Å²) in [5.74, 6) is 0.771. The van der Waals surface area contributed by atoms with Crippen LogP contribution in [0.3, 0.4) is 0 Å². The minimum absolute atomic E-state index is 0.210. The van der Waals surface area contributed by atoms with Crippen LogP contribution in [0, 0.1) is 0 Å². The number of ether oxygens (including phenoxy) is 3. The molecule has 0 spiro atoms. The molecule has 0 N–H and O–H groups in total. The summed E-state index contributed by atoms with van der Waals surface area (Å²) >= 11 is 8.25. The van der Waals surface area contributed by atoms with Gasteiger partial charge in [0.25, 0.3) is 5.56 Å². The molecule has 0 fully saturated rings. The van der Waals surface area contributed by atoms with Crippen LogP contribution in [-0.4, -0.2) is 31.4 Å². The summed E-state index contributed by atoms with van der Waals surface area (Å²) < 4.78 is 19.8. The van der Waals surface area contributed by atoms with E-state index in [9.17, 15) is 9.59 Å². The molecule has 1 aliphatic heterocycles. The topological polar surface area (TPSA) is 79.1 Å². The van der Waals surface area contributed by atoms with Crippen molar-refractivity contribution < 1.29 is 19.0 Å². The molecule has 0 saturated carbocycles. The molecular weight excluding hydrogens is 600 g/mol. The maximum absolute atomic E-state index is 13.7. The van der Waals surface area contributed by atoms with Crippen molar-refractivity contribution in [3.05, 3.63) is 87.4 Å². The highest BCUT2D eigenvalue weighted by atomic mass is 79.9. The Morgan fingerprint density at radius 1 is 1.14 bits per heavy atom. The van der Waals surface area contributed by atoms with E-state index in [-0.39, 0.29) is 12.2 Å². The number of hydrogen-bond acceptors (Lipinski definition) is 7. The van der Waals surface area contributed by atoms with E-state index in [0.29, 0.717) is 36.6 Å². The molecular formula is C25H22Br2N2O5S. The van der Waals surface area contributed by atoms with Crippen molar-refractivity contribution in [3.8, 4) is 11.5 Å². The van der Waals surface area contributed by atoms with Crippen molar-refractivity contribution in [1.82, 2.24) is 4.57 Å². The summed E-state index contributed by atoms with van der Waals surface area (Å²) in [7, 11) is 3.16. The number of carbonyl (C=O) groups is 1. The Labute approximate surface area is 222 Å². The number of rotatable bonds is 6. The van der Waals surface area contributed by atoms with E-state index < -0.39 is 12.0 Å². The fourth-order valence-electron chi connectivity index (χ4n) is 3.92. The summed E-state index contributed by atoms with van der Waals surface area (Å²) in [6.07, 6.45) is 1.78. The molecule has 0 radical (unpaired) electrons. The first-order chi connectivity index (χ1) is 16.8. The quantitative estimate of drug-likeness (QED) is 0.383. The minimum Gasteiger partial charge on any atom is -0.496 e. The van der Waals surface area contributed by atoms with E-state index in [2.05, 4.69) is 36.9 Å². The number of fused-ring (bicyclic) bond motifs is 1. The molecule has 0 bridgehead atoms. The van der Waals surface area contributed by atoms with E-state index in [1.807, 2.05) is 30.3 Å². The van der Waals surface area contributed by atoms with Gasteiger partial charge in [-0.05, 0) is 71.7 Å². The zero-order valence-electron chi connectivity index (χ0n) is 19.4. The second kappa shape index (κ2) is 10.5. The third-order valence-corrected chi connectivity index (χ3v) is 7.58. The van der Waals surface area contributed by atoms with Crippen LogP contribution in [0.1, 0.15) is 31.0 Å². The highest BCUT2D eigenvalue weighted by molar-refractivity contribution is 9.10. The molecule has 1 atom stereocenters. The average Bonchev–Trinajstić information content (AvgIpc) is 3.12. The fourth-order valence-corrected chi connectivity index (χ4v) is 5.89. The third kappa shape index (κ3) is 4.87. The molecule has 1 unspecified atom stereocenters. The molecule has 2 aromatic carbocycles. The van der Waals surface area contributed by atoms with Crippen LogP contribution < -0.4 is 24.4 Å². The fraction of sp³-hybridized carbons (Fsp3) is 0.240. The molecule has 0 amide bonds. The van der Waals surface area contributed by atoms with Gasteiger partial charge in [0.2, 0.25) is 0 Å². The van der Waals surface area contributed by atoms with Gasteiger partial charge in [0.1, 0.15) is 11.5 Å². The smallest absolute Gasteiger partial charge is 0.338 e. The third-order valence-electron chi connectivity index (χ3n) is 5.49. The molecule has 1 aliphatic rings. The monoisotopic (exact) mass is 620 g/mol. The summed E-state index contributed by atoms with van der Waals surface area (Å²) in [5, 5.41) is 0. The Balaban J connectivity index is 1.98. The van der Waals surface area contributed by atoms with Gasteiger partial charge in [0, 0.05) is 10.0 Å². The van der Waals surface area contributed by atoms with Crippen molar-refractivity contribution in [3.63, 3.8) is 0 Å². The van der Waals surface area contributed by atoms with Gasteiger partial charge in [-0.15, -0.1) is 0 Å². The molecule has 0 saturated heterocycles. The van der Waals surface area contributed by atoms with Gasteiger partial charge in [-0.25, -0.2) is 9.79 Å². The zero-order chi connectivity index (χ0) is 25.3. The summed E-state index contributed by atoms with van der Waals surface area (Å²) in [5.41, 5.74) is 2.04. The normalized spacial score (nSPS) is 15.5. The second-order valence-corrected chi connectivity index (χ2v) is 10.4. The predicted octanol–water partition coefficient (Wildman–Crippen LogP) is 4.34. The van der Waals surface area contributed by atoms with Crippen LogP contribution in [-0.2, 0) is 9.53 Å². The Bertz CT molecular complexity index is 1520. The molecule has 2 heterocycles. The van der Waals surface area contributed by atoms with E-state index in [1.54, 1.807) is 44.8 Å². The lowest BCUT2D eigenvalue weighted by Crippen LogP contribution is -2.40. The number of carbonyl (C=O) groups excluding carboxylic acids is 1. The number of hydrogen-bond donors (Lipinski definition) is 0. The Morgan fingerprint density at radius 2 is 1.86 bits per heavy atom. The van der Waals surface area contributed by atoms with Crippen LogP contribution in [0.4, 0.5) is 0 Å². The highest BCUT2D eigenvalue weighted by Gasteiger charge is 2.33. The van der Waals surface area contributed by atoms with Crippen molar-refractivity contribution in [2.45, 2.75) is 19.9 Å². The van der Waals surface area contributed by atoms with Crippen LogP contribution in [0.25, 0.3) is 6.08 Å². The minimum atomic E-state index is -0.709. The molecule has 35 heavy (non-hydrogen) atoms. The van der Waals surface area contributed by atoms with Crippen molar-refractivity contribution in [1.29, 1.82) is 0 Å². The van der Waals surface area contributed by atoms with Gasteiger partial charge in [-0.1, -0.05) is 33.3 Å². The largest absolute Gasteiger partial charge is 0.496 e. The first-order valence-corrected chi connectivity index (χ1v) is 13.1. The van der Waals surface area contributed by atoms with Crippen LogP contribution in [0.5, 0.6) is 11.5 Å². The zero-order valence-corrected chi connectivity index (χ0v) is 23.4. The molecule has 182 valence electrons. The number of thiazole rings is 1. The van der Waals surface area contributed by atoms with Crippen molar-refractivity contribution in [2.24, 2.45) is 4.99 Å². The standard InChI is InChI=1S/C25H22Br2N2O5S/c1-5-34-24(31)21-13(2)28-25-29(22(21)14-6-8-19(33-4)17(27)11-14)23(30)20(35-25)12-15-10-16(26)7-9-18(15)32-3/h6-12,22H,5H2,1-4H3/b20-12-. The number of methoxy groups -OCH3 is 2. The maximum Gasteiger partial charge on any atom is 0.338 e. The van der Waals surface area contributed by atoms with E-state index in [1.165, 1.54) is 11.3 Å². The van der Waals surface area contributed by atoms with E-state index in [0.717, 1.165) is 15.6 Å². The predicted molar refractivity (Wildman–Crippen MR) is 142 cm³/mol. The number of halogens is 2. The second-order valence-electron chi connectivity index (χ2n) is 7.58. The van der Waals surface area contributed by atoms with E-state index >= 15 is 0 Å². The number of aromatic nitrogens is 1. The Hall–Kier alpha value is -2.69. The number of benzene rings is 2. The first kappa shape index (κ1) is 25.4. The molecule has 10 heteroatoms. The highest BCUT2D eigenvalue weighted by Crippen LogP contribution is 2.35. The Kier molecular flexibility index (Phi) is 7.63. The lowest BCUT2D eigenvalue weighted by atomic mass is 9.96. The molecule has 4 rings (SSSR count). The number of nitrogens with zero attached hydrogens (tertiary/aromatic N) is 2. The van der Waals surface area contributed by atoms with Gasteiger partial charge >= 0.3 is 5.97 Å². The van der Waals surface area contributed by atoms with Crippen molar-refractivity contribution in [2.75, 3.05) is 20.8 Å². The van der Waals surface area contributed by atoms with Crippen LogP contribution in [0.2, 0.25) is 0 Å². The molecule has 0 aliphatic carbocycles. The van der Waals surface area contributed by atoms with Gasteiger partial charge in [0.15, 0.2) is 4.80 Å². The van der Waals surface area contributed by atoms with Gasteiger partial charge in [-0.2, -0.15) is 0 Å². The molecule has 7 nitrogen and oxygen atoms in total. The SMILES string of the molecule is CCOC(=O)C1=C(C)N=c2s/c(=C\c3cc(Br)ccc3OC)c(=O)n2C1c1ccc(OC)c(Br)c1. The van der Waals surface area contributed by atoms with Crippen LogP contribution in [0.15, 0.2) is 66.4 Å². The van der Waals surface area contributed by atoms with Gasteiger partial charge in [-0.3, -0.25) is 9.36 Å². The lowest BCUT2D eigenvalue weighted by molar-refractivity contribution is -0.139. The summed E-state index contributed by atoms with van der Waals surface area (Å²) in [6.45, 7) is 3.71. The molecule has 1 aromatic heterocycles. The lowest BCUT2D eigenvalue weighted by Gasteiger charge is -2.25. The maximum atomic E-state index is 13.7. The van der Waals surface area contributed by atoms with Crippen LogP contribution >= 0.6 is 43.2 Å². The number of esters is 1. The van der Waals surface area contributed by atoms with Gasteiger partial charge in [0.05, 0.1) is 47.1 Å². The summed E-state index contributed by atoms with van der Waals surface area (Å²) in [4.78, 5) is 31.9.